The van der Waals surface area contributed by atoms with Crippen molar-refractivity contribution < 1.29 is 14.3 Å². The highest BCUT2D eigenvalue weighted by Crippen LogP contribution is 2.44. The molecular weight excluding hydrogens is 462 g/mol. The normalized spacial score (nSPS) is 19.2. The number of benzene rings is 3. The summed E-state index contributed by atoms with van der Waals surface area (Å²) >= 11 is 0. The number of hydrogen-bond acceptors (Lipinski definition) is 3. The maximum atomic E-state index is 13.9. The molecule has 37 heavy (non-hydrogen) atoms. The first-order valence-corrected chi connectivity index (χ1v) is 13.1. The average molecular weight is 494 g/mol. The van der Waals surface area contributed by atoms with E-state index in [0.29, 0.717) is 19.6 Å². The maximum Gasteiger partial charge on any atom is 0.246 e. The Hall–Kier alpha value is -4.06. The Morgan fingerprint density at radius 1 is 0.946 bits per heavy atom. The van der Waals surface area contributed by atoms with Gasteiger partial charge < -0.3 is 19.5 Å². The molecule has 1 saturated heterocycles. The Morgan fingerprint density at radius 3 is 2.54 bits per heavy atom. The van der Waals surface area contributed by atoms with Crippen LogP contribution in [-0.2, 0) is 22.4 Å². The van der Waals surface area contributed by atoms with E-state index in [0.717, 1.165) is 46.3 Å². The summed E-state index contributed by atoms with van der Waals surface area (Å²) in [5.41, 5.74) is 5.25. The molecule has 0 aliphatic carbocycles. The molecule has 0 spiro atoms. The number of aromatic nitrogens is 1. The number of aryl methyl sites for hydroxylation is 1. The second-order valence-corrected chi connectivity index (χ2v) is 9.81. The van der Waals surface area contributed by atoms with Crippen LogP contribution in [0.4, 0.5) is 0 Å². The third-order valence-electron chi connectivity index (χ3n) is 7.59. The molecule has 2 aliphatic rings. The molecule has 1 aromatic heterocycles. The van der Waals surface area contributed by atoms with Crippen molar-refractivity contribution in [3.05, 3.63) is 101 Å². The summed E-state index contributed by atoms with van der Waals surface area (Å²) in [7, 11) is 0. The zero-order chi connectivity index (χ0) is 25.4. The Labute approximate surface area is 216 Å². The van der Waals surface area contributed by atoms with E-state index in [2.05, 4.69) is 29.2 Å². The molecule has 2 aliphatic heterocycles. The number of nitrogens with zero attached hydrogens (tertiary/aromatic N) is 2. The van der Waals surface area contributed by atoms with Gasteiger partial charge in [0.2, 0.25) is 11.8 Å². The summed E-state index contributed by atoms with van der Waals surface area (Å²) in [5, 5.41) is 1.11. The molecule has 0 saturated carbocycles. The summed E-state index contributed by atoms with van der Waals surface area (Å²) in [6, 6.07) is 25.4. The van der Waals surface area contributed by atoms with E-state index in [1.807, 2.05) is 66.4 Å². The van der Waals surface area contributed by atoms with Gasteiger partial charge in [-0.25, -0.2) is 0 Å². The smallest absolute Gasteiger partial charge is 0.246 e. The zero-order valence-corrected chi connectivity index (χ0v) is 21.0. The SMILES string of the molecule is CCOc1ccccc1[C@@H]1c2[nH]c3ccccc3c2C[C@H]2C(=O)N(CCCc3ccccc3)CC(=O)N12. The predicted molar refractivity (Wildman–Crippen MR) is 143 cm³/mol. The van der Waals surface area contributed by atoms with Crippen LogP contribution in [0.15, 0.2) is 78.9 Å². The van der Waals surface area contributed by atoms with Crippen LogP contribution in [0.3, 0.4) is 0 Å². The number of piperazine rings is 1. The fourth-order valence-corrected chi connectivity index (χ4v) is 5.95. The van der Waals surface area contributed by atoms with E-state index >= 15 is 0 Å². The highest BCUT2D eigenvalue weighted by Gasteiger charge is 2.48. The van der Waals surface area contributed by atoms with Gasteiger partial charge in [-0.3, -0.25) is 9.59 Å². The number of ether oxygens (including phenoxy) is 1. The van der Waals surface area contributed by atoms with E-state index in [1.165, 1.54) is 5.56 Å². The van der Waals surface area contributed by atoms with E-state index in [9.17, 15) is 9.59 Å². The largest absolute Gasteiger partial charge is 0.494 e. The van der Waals surface area contributed by atoms with Gasteiger partial charge >= 0.3 is 0 Å². The maximum absolute atomic E-state index is 13.9. The van der Waals surface area contributed by atoms with Gasteiger partial charge in [0, 0.05) is 35.1 Å². The Balaban J connectivity index is 1.37. The van der Waals surface area contributed by atoms with E-state index in [4.69, 9.17) is 4.74 Å². The van der Waals surface area contributed by atoms with Crippen LogP contribution >= 0.6 is 0 Å². The number of carbonyl (C=O) groups is 2. The van der Waals surface area contributed by atoms with E-state index < -0.39 is 12.1 Å². The van der Waals surface area contributed by atoms with E-state index in [1.54, 1.807) is 4.90 Å². The summed E-state index contributed by atoms with van der Waals surface area (Å²) in [6.07, 6.45) is 2.21. The number of H-pyrrole nitrogens is 1. The lowest BCUT2D eigenvalue weighted by Gasteiger charge is -2.47. The molecule has 0 bridgehead atoms. The molecule has 1 N–H and O–H groups in total. The van der Waals surface area contributed by atoms with Gasteiger partial charge in [-0.2, -0.15) is 0 Å². The Bertz CT molecular complexity index is 1440. The lowest BCUT2D eigenvalue weighted by Crippen LogP contribution is -2.63. The molecule has 4 aromatic rings. The summed E-state index contributed by atoms with van der Waals surface area (Å²) in [6.45, 7) is 3.16. The topological polar surface area (TPSA) is 65.6 Å². The molecule has 2 atom stereocenters. The van der Waals surface area contributed by atoms with Crippen molar-refractivity contribution in [3.8, 4) is 5.75 Å². The van der Waals surface area contributed by atoms with Crippen LogP contribution in [-0.4, -0.2) is 52.3 Å². The molecule has 0 radical (unpaired) electrons. The minimum Gasteiger partial charge on any atom is -0.494 e. The number of fused-ring (bicyclic) bond motifs is 4. The second-order valence-electron chi connectivity index (χ2n) is 9.81. The van der Waals surface area contributed by atoms with Gasteiger partial charge in [0.25, 0.3) is 0 Å². The molecular formula is C31H31N3O3. The highest BCUT2D eigenvalue weighted by atomic mass is 16.5. The first-order chi connectivity index (χ1) is 18.2. The Kier molecular flexibility index (Phi) is 6.16. The van der Waals surface area contributed by atoms with Gasteiger partial charge in [-0.1, -0.05) is 66.7 Å². The first kappa shape index (κ1) is 23.3. The molecule has 3 heterocycles. The van der Waals surface area contributed by atoms with Crippen LogP contribution in [0.5, 0.6) is 5.75 Å². The van der Waals surface area contributed by atoms with Crippen molar-refractivity contribution in [1.29, 1.82) is 0 Å². The van der Waals surface area contributed by atoms with Crippen molar-refractivity contribution >= 4 is 22.7 Å². The van der Waals surface area contributed by atoms with Gasteiger partial charge in [-0.15, -0.1) is 0 Å². The standard InChI is InChI=1S/C31H31N3O3/c1-2-37-27-17-9-7-15-23(27)30-29-24(22-14-6-8-16-25(22)32-29)19-26-31(36)33(20-28(35)34(26)30)18-10-13-21-11-4-3-5-12-21/h3-9,11-12,14-17,26,30,32H,2,10,13,18-20H2,1H3/t26-,30+/m0/s1. The van der Waals surface area contributed by atoms with Crippen LogP contribution in [0.2, 0.25) is 0 Å². The van der Waals surface area contributed by atoms with Crippen molar-refractivity contribution in [2.45, 2.75) is 38.3 Å². The number of amides is 2. The summed E-state index contributed by atoms with van der Waals surface area (Å²) < 4.78 is 5.99. The number of rotatable bonds is 7. The Morgan fingerprint density at radius 2 is 1.70 bits per heavy atom. The highest BCUT2D eigenvalue weighted by molar-refractivity contribution is 5.97. The van der Waals surface area contributed by atoms with Crippen LogP contribution in [0, 0.1) is 0 Å². The first-order valence-electron chi connectivity index (χ1n) is 13.1. The third kappa shape index (κ3) is 4.16. The lowest BCUT2D eigenvalue weighted by molar-refractivity contribution is -0.158. The van der Waals surface area contributed by atoms with E-state index in [-0.39, 0.29) is 18.4 Å². The fraction of sp³-hybridized carbons (Fsp3) is 0.290. The molecule has 188 valence electrons. The minimum atomic E-state index is -0.538. The lowest BCUT2D eigenvalue weighted by atomic mass is 9.86. The number of nitrogens with one attached hydrogen (secondary N) is 1. The third-order valence-corrected chi connectivity index (χ3v) is 7.59. The number of carbonyl (C=O) groups excluding carboxylic acids is 2. The van der Waals surface area contributed by atoms with Gasteiger partial charge in [0.05, 0.1) is 13.2 Å². The predicted octanol–water partition coefficient (Wildman–Crippen LogP) is 4.88. The molecule has 6 rings (SSSR count). The van der Waals surface area contributed by atoms with Crippen molar-refractivity contribution in [1.82, 2.24) is 14.8 Å². The number of hydrogen-bond donors (Lipinski definition) is 1. The molecule has 0 unspecified atom stereocenters. The average Bonchev–Trinajstić information content (AvgIpc) is 3.30. The number of para-hydroxylation sites is 2. The van der Waals surface area contributed by atoms with Crippen LogP contribution in [0.25, 0.3) is 10.9 Å². The van der Waals surface area contributed by atoms with Gasteiger partial charge in [-0.05, 0) is 43.0 Å². The zero-order valence-electron chi connectivity index (χ0n) is 21.0. The summed E-state index contributed by atoms with van der Waals surface area (Å²) in [4.78, 5) is 34.8. The summed E-state index contributed by atoms with van der Waals surface area (Å²) in [5.74, 6) is 0.748. The molecule has 2 amide bonds. The van der Waals surface area contributed by atoms with Crippen LogP contribution in [0.1, 0.15) is 41.8 Å². The van der Waals surface area contributed by atoms with Crippen molar-refractivity contribution in [2.75, 3.05) is 19.7 Å². The molecule has 1 fully saturated rings. The molecule has 3 aromatic carbocycles. The quantitative estimate of drug-likeness (QED) is 0.399. The fourth-order valence-electron chi connectivity index (χ4n) is 5.95. The second kappa shape index (κ2) is 9.77. The van der Waals surface area contributed by atoms with Crippen LogP contribution < -0.4 is 4.74 Å². The van der Waals surface area contributed by atoms with Gasteiger partial charge in [0.15, 0.2) is 0 Å². The number of aromatic amines is 1. The van der Waals surface area contributed by atoms with Gasteiger partial charge in [0.1, 0.15) is 17.8 Å². The van der Waals surface area contributed by atoms with Crippen molar-refractivity contribution in [2.24, 2.45) is 0 Å². The minimum absolute atomic E-state index is 0.0232. The molecule has 6 heteroatoms. The monoisotopic (exact) mass is 493 g/mol. The van der Waals surface area contributed by atoms with Crippen molar-refractivity contribution in [3.63, 3.8) is 0 Å². The molecule has 6 nitrogen and oxygen atoms in total.